The maximum Gasteiger partial charge on any atom is 0.320 e. The second-order valence-electron chi connectivity index (χ2n) is 7.14. The Kier molecular flexibility index (Phi) is 4.37. The van der Waals surface area contributed by atoms with E-state index in [0.717, 1.165) is 18.7 Å². The van der Waals surface area contributed by atoms with E-state index in [0.29, 0.717) is 45.9 Å². The molecular weight excluding hydrogens is 322 g/mol. The number of hydrogen-bond donors (Lipinski definition) is 0. The summed E-state index contributed by atoms with van der Waals surface area (Å²) in [6.07, 6.45) is 5.26. The van der Waals surface area contributed by atoms with Crippen molar-refractivity contribution >= 4 is 11.9 Å². The third-order valence-electron chi connectivity index (χ3n) is 5.57. The van der Waals surface area contributed by atoms with E-state index in [1.807, 2.05) is 32.5 Å². The van der Waals surface area contributed by atoms with Crippen molar-refractivity contribution in [2.75, 3.05) is 39.4 Å². The molecule has 0 radical (unpaired) electrons. The molecule has 0 N–H and O–H groups in total. The van der Waals surface area contributed by atoms with Gasteiger partial charge in [-0.3, -0.25) is 4.79 Å². The van der Waals surface area contributed by atoms with Crippen LogP contribution in [0.3, 0.4) is 0 Å². The molecule has 0 unspecified atom stereocenters. The molecule has 0 bridgehead atoms. The summed E-state index contributed by atoms with van der Waals surface area (Å²) >= 11 is 0. The first-order valence-electron chi connectivity index (χ1n) is 9.02. The van der Waals surface area contributed by atoms with Crippen molar-refractivity contribution in [3.8, 4) is 0 Å². The second-order valence-corrected chi connectivity index (χ2v) is 7.14. The number of aryl methyl sites for hydroxylation is 1. The lowest BCUT2D eigenvalue weighted by Gasteiger charge is -2.38. The Morgan fingerprint density at radius 1 is 1.28 bits per heavy atom. The van der Waals surface area contributed by atoms with Gasteiger partial charge in [-0.2, -0.15) is 0 Å². The average molecular weight is 347 g/mol. The van der Waals surface area contributed by atoms with Gasteiger partial charge in [-0.15, -0.1) is 0 Å². The van der Waals surface area contributed by atoms with Gasteiger partial charge < -0.3 is 24.0 Å². The van der Waals surface area contributed by atoms with Gasteiger partial charge in [-0.1, -0.05) is 0 Å². The van der Waals surface area contributed by atoms with E-state index in [1.165, 1.54) is 0 Å². The van der Waals surface area contributed by atoms with Crippen molar-refractivity contribution in [1.82, 2.24) is 24.3 Å². The Labute approximate surface area is 147 Å². The number of urea groups is 1. The fourth-order valence-electron chi connectivity index (χ4n) is 4.03. The first-order chi connectivity index (χ1) is 12.1. The SMILES string of the molecule is Cn1ccnc1CN1C[C@H]2CN(C(=O)C3CCOCC3)CCN2C1=O. The lowest BCUT2D eigenvalue weighted by atomic mass is 9.98. The van der Waals surface area contributed by atoms with Gasteiger partial charge >= 0.3 is 6.03 Å². The highest BCUT2D eigenvalue weighted by Gasteiger charge is 2.42. The monoisotopic (exact) mass is 347 g/mol. The lowest BCUT2D eigenvalue weighted by Crippen LogP contribution is -2.55. The zero-order valence-electron chi connectivity index (χ0n) is 14.6. The third-order valence-corrected chi connectivity index (χ3v) is 5.57. The molecule has 0 saturated carbocycles. The van der Waals surface area contributed by atoms with Gasteiger partial charge in [0, 0.05) is 64.8 Å². The molecule has 8 nitrogen and oxygen atoms in total. The van der Waals surface area contributed by atoms with Crippen LogP contribution in [0, 0.1) is 5.92 Å². The quantitative estimate of drug-likeness (QED) is 0.788. The predicted molar refractivity (Wildman–Crippen MR) is 89.6 cm³/mol. The summed E-state index contributed by atoms with van der Waals surface area (Å²) in [5.74, 6) is 1.20. The second kappa shape index (κ2) is 6.67. The van der Waals surface area contributed by atoms with E-state index in [9.17, 15) is 9.59 Å². The van der Waals surface area contributed by atoms with Crippen LogP contribution in [0.2, 0.25) is 0 Å². The maximum absolute atomic E-state index is 12.7. The molecule has 3 fully saturated rings. The summed E-state index contributed by atoms with van der Waals surface area (Å²) < 4.78 is 7.29. The predicted octanol–water partition coefficient (Wildman–Crippen LogP) is 0.295. The highest BCUT2D eigenvalue weighted by Crippen LogP contribution is 2.25. The summed E-state index contributed by atoms with van der Waals surface area (Å²) in [7, 11) is 1.94. The Balaban J connectivity index is 1.39. The van der Waals surface area contributed by atoms with Crippen LogP contribution >= 0.6 is 0 Å². The summed E-state index contributed by atoms with van der Waals surface area (Å²) in [4.78, 5) is 35.4. The Morgan fingerprint density at radius 2 is 2.08 bits per heavy atom. The van der Waals surface area contributed by atoms with Gasteiger partial charge in [0.15, 0.2) is 0 Å². The summed E-state index contributed by atoms with van der Waals surface area (Å²) in [5, 5.41) is 0. The molecule has 4 rings (SSSR count). The fourth-order valence-corrected chi connectivity index (χ4v) is 4.03. The molecule has 0 aromatic carbocycles. The van der Waals surface area contributed by atoms with Crippen LogP contribution in [0.4, 0.5) is 4.79 Å². The van der Waals surface area contributed by atoms with E-state index < -0.39 is 0 Å². The normalized spacial score (nSPS) is 24.8. The van der Waals surface area contributed by atoms with Crippen LogP contribution < -0.4 is 0 Å². The van der Waals surface area contributed by atoms with Gasteiger partial charge in [0.05, 0.1) is 12.6 Å². The van der Waals surface area contributed by atoms with E-state index in [2.05, 4.69) is 4.98 Å². The van der Waals surface area contributed by atoms with E-state index in [-0.39, 0.29) is 23.9 Å². The summed E-state index contributed by atoms with van der Waals surface area (Å²) in [5.41, 5.74) is 0. The van der Waals surface area contributed by atoms with Crippen LogP contribution in [0.5, 0.6) is 0 Å². The molecule has 0 spiro atoms. The van der Waals surface area contributed by atoms with Crippen LogP contribution in [0.1, 0.15) is 18.7 Å². The van der Waals surface area contributed by atoms with Gasteiger partial charge in [-0.05, 0) is 12.8 Å². The van der Waals surface area contributed by atoms with Crippen molar-refractivity contribution in [3.63, 3.8) is 0 Å². The number of carbonyl (C=O) groups is 2. The number of ether oxygens (including phenoxy) is 1. The molecular formula is C17H25N5O3. The fraction of sp³-hybridized carbons (Fsp3) is 0.706. The number of piperazine rings is 1. The van der Waals surface area contributed by atoms with Crippen molar-refractivity contribution < 1.29 is 14.3 Å². The molecule has 136 valence electrons. The average Bonchev–Trinajstić information content (AvgIpc) is 3.18. The molecule has 3 aliphatic rings. The lowest BCUT2D eigenvalue weighted by molar-refractivity contribution is -0.140. The van der Waals surface area contributed by atoms with Crippen LogP contribution in [0.25, 0.3) is 0 Å². The maximum atomic E-state index is 12.7. The molecule has 1 aromatic rings. The number of rotatable bonds is 3. The summed E-state index contributed by atoms with van der Waals surface area (Å²) in [6, 6.07) is 0.150. The zero-order valence-corrected chi connectivity index (χ0v) is 14.6. The van der Waals surface area contributed by atoms with Gasteiger partial charge in [0.1, 0.15) is 5.82 Å². The smallest absolute Gasteiger partial charge is 0.320 e. The summed E-state index contributed by atoms with van der Waals surface area (Å²) in [6.45, 7) is 4.42. The minimum atomic E-state index is 0.0613. The van der Waals surface area contributed by atoms with E-state index in [1.54, 1.807) is 6.20 Å². The Bertz CT molecular complexity index is 654. The number of carbonyl (C=O) groups excluding carboxylic acids is 2. The molecule has 0 aliphatic carbocycles. The number of nitrogens with zero attached hydrogens (tertiary/aromatic N) is 5. The van der Waals surface area contributed by atoms with Crippen LogP contribution in [0.15, 0.2) is 12.4 Å². The van der Waals surface area contributed by atoms with Gasteiger partial charge in [-0.25, -0.2) is 9.78 Å². The number of aromatic nitrogens is 2. The third kappa shape index (κ3) is 3.10. The number of imidazole rings is 1. The molecule has 3 amide bonds. The van der Waals surface area contributed by atoms with Crippen molar-refractivity contribution in [3.05, 3.63) is 18.2 Å². The molecule has 25 heavy (non-hydrogen) atoms. The molecule has 3 saturated heterocycles. The highest BCUT2D eigenvalue weighted by molar-refractivity contribution is 5.81. The van der Waals surface area contributed by atoms with E-state index >= 15 is 0 Å². The first kappa shape index (κ1) is 16.4. The van der Waals surface area contributed by atoms with Crippen molar-refractivity contribution in [2.24, 2.45) is 13.0 Å². The molecule has 1 aromatic heterocycles. The van der Waals surface area contributed by atoms with Gasteiger partial charge in [0.2, 0.25) is 5.91 Å². The topological polar surface area (TPSA) is 70.9 Å². The van der Waals surface area contributed by atoms with Crippen LogP contribution in [-0.2, 0) is 23.1 Å². The van der Waals surface area contributed by atoms with Crippen molar-refractivity contribution in [1.29, 1.82) is 0 Å². The first-order valence-corrected chi connectivity index (χ1v) is 9.02. The number of fused-ring (bicyclic) bond motifs is 1. The van der Waals surface area contributed by atoms with Crippen LogP contribution in [-0.4, -0.2) is 81.6 Å². The highest BCUT2D eigenvalue weighted by atomic mass is 16.5. The molecule has 8 heteroatoms. The molecule has 3 aliphatic heterocycles. The zero-order chi connectivity index (χ0) is 17.4. The standard InChI is InChI=1S/C17H25N5O3/c1-19-5-4-18-15(19)12-21-11-14-10-20(6-7-22(14)17(21)24)16(23)13-2-8-25-9-3-13/h4-5,13-14H,2-3,6-12H2,1H3/t14-/m1/s1. The largest absolute Gasteiger partial charge is 0.381 e. The molecule has 4 heterocycles. The van der Waals surface area contributed by atoms with E-state index in [4.69, 9.17) is 4.74 Å². The number of hydrogen-bond acceptors (Lipinski definition) is 4. The Morgan fingerprint density at radius 3 is 2.80 bits per heavy atom. The Hall–Kier alpha value is -2.09. The molecule has 1 atom stereocenters. The minimum absolute atomic E-state index is 0.0613. The van der Waals surface area contributed by atoms with Crippen molar-refractivity contribution in [2.45, 2.75) is 25.4 Å². The number of amides is 3. The minimum Gasteiger partial charge on any atom is -0.381 e. The van der Waals surface area contributed by atoms with Gasteiger partial charge in [0.25, 0.3) is 0 Å².